The summed E-state index contributed by atoms with van der Waals surface area (Å²) in [6, 6.07) is 0. The summed E-state index contributed by atoms with van der Waals surface area (Å²) >= 11 is 0. The second-order valence-corrected chi connectivity index (χ2v) is 6.65. The highest BCUT2D eigenvalue weighted by Gasteiger charge is 2.21. The van der Waals surface area contributed by atoms with Crippen molar-refractivity contribution in [2.45, 2.75) is 60.0 Å². The summed E-state index contributed by atoms with van der Waals surface area (Å²) in [6.45, 7) is 15.3. The van der Waals surface area contributed by atoms with Gasteiger partial charge in [-0.05, 0) is 45.1 Å². The predicted molar refractivity (Wildman–Crippen MR) is 73.1 cm³/mol. The Kier molecular flexibility index (Phi) is 4.36. The number of hydrogen-bond donors (Lipinski definition) is 1. The highest BCUT2D eigenvalue weighted by atomic mass is 15.3. The molecule has 0 amide bonds. The van der Waals surface area contributed by atoms with Crippen molar-refractivity contribution >= 4 is 0 Å². The average molecular weight is 237 g/mol. The third-order valence-electron chi connectivity index (χ3n) is 2.79. The molecule has 0 saturated heterocycles. The minimum atomic E-state index is 0.185. The molecular weight excluding hydrogens is 210 g/mol. The third-order valence-corrected chi connectivity index (χ3v) is 2.79. The van der Waals surface area contributed by atoms with Gasteiger partial charge in [-0.3, -0.25) is 4.68 Å². The predicted octanol–water partition coefficient (Wildman–Crippen LogP) is 2.86. The van der Waals surface area contributed by atoms with Gasteiger partial charge in [-0.1, -0.05) is 13.8 Å². The Hall–Kier alpha value is -0.830. The van der Waals surface area contributed by atoms with Gasteiger partial charge < -0.3 is 5.32 Å². The topological polar surface area (TPSA) is 29.9 Å². The smallest absolute Gasteiger partial charge is 0.0521 e. The normalized spacial score (nSPS) is 13.1. The first kappa shape index (κ1) is 14.2. The molecule has 0 aromatic carbocycles. The molecule has 0 aliphatic heterocycles. The standard InChI is InChI=1S/C14H27N3/c1-7-17-10-12(9-16-17)8-14(5,6)11-15-13(2,3)4/h9-10,15H,7-8,11H2,1-6H3. The second kappa shape index (κ2) is 5.21. The third kappa shape index (κ3) is 5.35. The van der Waals surface area contributed by atoms with Gasteiger partial charge in [0, 0.05) is 24.8 Å². The van der Waals surface area contributed by atoms with Crippen LogP contribution in [0.4, 0.5) is 0 Å². The van der Waals surface area contributed by atoms with E-state index in [0.29, 0.717) is 0 Å². The van der Waals surface area contributed by atoms with Crippen LogP contribution in [-0.2, 0) is 13.0 Å². The lowest BCUT2D eigenvalue weighted by Crippen LogP contribution is -2.42. The van der Waals surface area contributed by atoms with E-state index in [2.05, 4.69) is 58.2 Å². The number of aryl methyl sites for hydroxylation is 1. The Morgan fingerprint density at radius 2 is 1.88 bits per heavy atom. The molecule has 0 aliphatic rings. The second-order valence-electron chi connectivity index (χ2n) is 6.65. The van der Waals surface area contributed by atoms with Gasteiger partial charge in [-0.15, -0.1) is 0 Å². The number of aromatic nitrogens is 2. The molecule has 3 heteroatoms. The molecular formula is C14H27N3. The van der Waals surface area contributed by atoms with Crippen molar-refractivity contribution in [2.24, 2.45) is 5.41 Å². The maximum atomic E-state index is 4.32. The van der Waals surface area contributed by atoms with Crippen LogP contribution < -0.4 is 5.32 Å². The lowest BCUT2D eigenvalue weighted by atomic mass is 9.86. The lowest BCUT2D eigenvalue weighted by molar-refractivity contribution is 0.289. The fraction of sp³-hybridized carbons (Fsp3) is 0.786. The van der Waals surface area contributed by atoms with Crippen LogP contribution in [0, 0.1) is 5.41 Å². The van der Waals surface area contributed by atoms with E-state index in [-0.39, 0.29) is 11.0 Å². The Labute approximate surface area is 106 Å². The Bertz CT molecular complexity index is 345. The van der Waals surface area contributed by atoms with Crippen LogP contribution in [0.15, 0.2) is 12.4 Å². The molecule has 0 bridgehead atoms. The van der Waals surface area contributed by atoms with Crippen molar-refractivity contribution in [3.63, 3.8) is 0 Å². The van der Waals surface area contributed by atoms with E-state index in [1.807, 2.05) is 10.9 Å². The molecule has 3 nitrogen and oxygen atoms in total. The molecule has 0 unspecified atom stereocenters. The van der Waals surface area contributed by atoms with Crippen molar-refractivity contribution in [3.8, 4) is 0 Å². The van der Waals surface area contributed by atoms with Gasteiger partial charge in [0.15, 0.2) is 0 Å². The van der Waals surface area contributed by atoms with E-state index < -0.39 is 0 Å². The molecule has 17 heavy (non-hydrogen) atoms. The SMILES string of the molecule is CCn1cc(CC(C)(C)CNC(C)(C)C)cn1. The molecule has 0 spiro atoms. The van der Waals surface area contributed by atoms with Crippen LogP contribution in [0.25, 0.3) is 0 Å². The minimum absolute atomic E-state index is 0.185. The Balaban J connectivity index is 2.53. The molecule has 98 valence electrons. The zero-order valence-electron chi connectivity index (χ0n) is 12.2. The van der Waals surface area contributed by atoms with Crippen LogP contribution in [0.2, 0.25) is 0 Å². The molecule has 1 aromatic heterocycles. The highest BCUT2D eigenvalue weighted by Crippen LogP contribution is 2.21. The first-order valence-electron chi connectivity index (χ1n) is 6.48. The van der Waals surface area contributed by atoms with E-state index >= 15 is 0 Å². The Morgan fingerprint density at radius 1 is 1.24 bits per heavy atom. The van der Waals surface area contributed by atoms with Crippen molar-refractivity contribution < 1.29 is 0 Å². The van der Waals surface area contributed by atoms with Crippen molar-refractivity contribution in [3.05, 3.63) is 18.0 Å². The summed E-state index contributed by atoms with van der Waals surface area (Å²) in [4.78, 5) is 0. The fourth-order valence-corrected chi connectivity index (χ4v) is 1.79. The summed E-state index contributed by atoms with van der Waals surface area (Å²) < 4.78 is 1.99. The quantitative estimate of drug-likeness (QED) is 0.853. The zero-order valence-corrected chi connectivity index (χ0v) is 12.2. The molecule has 1 heterocycles. The molecule has 0 atom stereocenters. The summed E-state index contributed by atoms with van der Waals surface area (Å²) in [7, 11) is 0. The first-order chi connectivity index (χ1) is 7.72. The summed E-state index contributed by atoms with van der Waals surface area (Å²) in [5.41, 5.74) is 1.77. The Morgan fingerprint density at radius 3 is 2.35 bits per heavy atom. The number of hydrogen-bond acceptors (Lipinski definition) is 2. The van der Waals surface area contributed by atoms with Gasteiger partial charge in [0.05, 0.1) is 6.20 Å². The van der Waals surface area contributed by atoms with Crippen LogP contribution in [-0.4, -0.2) is 21.9 Å². The largest absolute Gasteiger partial charge is 0.312 e. The van der Waals surface area contributed by atoms with Gasteiger partial charge in [0.25, 0.3) is 0 Å². The number of rotatable bonds is 5. The fourth-order valence-electron chi connectivity index (χ4n) is 1.79. The highest BCUT2D eigenvalue weighted by molar-refractivity contribution is 5.07. The zero-order chi connectivity index (χ0) is 13.1. The van der Waals surface area contributed by atoms with Gasteiger partial charge in [-0.2, -0.15) is 5.10 Å². The van der Waals surface area contributed by atoms with Crippen LogP contribution in [0.5, 0.6) is 0 Å². The van der Waals surface area contributed by atoms with Gasteiger partial charge in [0.1, 0.15) is 0 Å². The van der Waals surface area contributed by atoms with Crippen molar-refractivity contribution in [2.75, 3.05) is 6.54 Å². The van der Waals surface area contributed by atoms with E-state index in [1.54, 1.807) is 0 Å². The number of nitrogens with one attached hydrogen (secondary N) is 1. The summed E-state index contributed by atoms with van der Waals surface area (Å²) in [5.74, 6) is 0. The monoisotopic (exact) mass is 237 g/mol. The van der Waals surface area contributed by atoms with Gasteiger partial charge >= 0.3 is 0 Å². The van der Waals surface area contributed by atoms with E-state index in [0.717, 1.165) is 19.5 Å². The molecule has 1 rings (SSSR count). The maximum absolute atomic E-state index is 4.32. The molecule has 0 fully saturated rings. The first-order valence-corrected chi connectivity index (χ1v) is 6.48. The van der Waals surface area contributed by atoms with Gasteiger partial charge in [-0.25, -0.2) is 0 Å². The van der Waals surface area contributed by atoms with Gasteiger partial charge in [0.2, 0.25) is 0 Å². The summed E-state index contributed by atoms with van der Waals surface area (Å²) in [6.07, 6.45) is 5.21. The van der Waals surface area contributed by atoms with Crippen molar-refractivity contribution in [1.82, 2.24) is 15.1 Å². The van der Waals surface area contributed by atoms with Crippen LogP contribution in [0.1, 0.15) is 47.1 Å². The number of nitrogens with zero attached hydrogens (tertiary/aromatic N) is 2. The minimum Gasteiger partial charge on any atom is -0.312 e. The molecule has 0 aliphatic carbocycles. The van der Waals surface area contributed by atoms with Crippen molar-refractivity contribution in [1.29, 1.82) is 0 Å². The summed E-state index contributed by atoms with van der Waals surface area (Å²) in [5, 5.41) is 7.90. The molecule has 1 aromatic rings. The van der Waals surface area contributed by atoms with E-state index in [4.69, 9.17) is 0 Å². The van der Waals surface area contributed by atoms with Crippen LogP contribution in [0.3, 0.4) is 0 Å². The van der Waals surface area contributed by atoms with E-state index in [9.17, 15) is 0 Å². The van der Waals surface area contributed by atoms with E-state index in [1.165, 1.54) is 5.56 Å². The average Bonchev–Trinajstić information content (AvgIpc) is 2.61. The maximum Gasteiger partial charge on any atom is 0.0521 e. The molecule has 0 radical (unpaired) electrons. The lowest BCUT2D eigenvalue weighted by Gasteiger charge is -2.30. The molecule has 0 saturated carbocycles. The molecule has 1 N–H and O–H groups in total. The van der Waals surface area contributed by atoms with Crippen LogP contribution >= 0.6 is 0 Å².